The van der Waals surface area contributed by atoms with Crippen LogP contribution >= 0.6 is 11.3 Å². The van der Waals surface area contributed by atoms with Gasteiger partial charge >= 0.3 is 5.97 Å². The number of hydrogen-bond acceptors (Lipinski definition) is 9. The number of carbonyl (C=O) groups is 2. The van der Waals surface area contributed by atoms with Gasteiger partial charge in [-0.25, -0.2) is 14.2 Å². The molecule has 11 heteroatoms. The van der Waals surface area contributed by atoms with E-state index < -0.39 is 29.3 Å². The van der Waals surface area contributed by atoms with E-state index in [-0.39, 0.29) is 17.4 Å². The molecule has 1 atom stereocenters. The van der Waals surface area contributed by atoms with E-state index >= 15 is 0 Å². The maximum absolute atomic E-state index is 15.0. The van der Waals surface area contributed by atoms with Crippen LogP contribution in [-0.4, -0.2) is 52.0 Å². The largest absolute Gasteiger partial charge is 0.477 e. The first-order chi connectivity index (χ1) is 16.0. The fourth-order valence-corrected chi connectivity index (χ4v) is 4.50. The molecule has 3 N–H and O–H groups in total. The number of thiazole rings is 1. The molecule has 0 aliphatic carbocycles. The molecule has 9 nitrogen and oxygen atoms in total. The van der Waals surface area contributed by atoms with Gasteiger partial charge < -0.3 is 15.3 Å². The summed E-state index contributed by atoms with van der Waals surface area (Å²) < 4.78 is 15.0. The Kier molecular flexibility index (Phi) is 5.67. The highest BCUT2D eigenvalue weighted by Gasteiger charge is 2.42. The summed E-state index contributed by atoms with van der Waals surface area (Å²) in [4.78, 5) is 37.4. The van der Waals surface area contributed by atoms with E-state index in [1.165, 1.54) is 17.5 Å². The zero-order valence-electron chi connectivity index (χ0n) is 17.3. The highest BCUT2D eigenvalue weighted by molar-refractivity contribution is 7.13. The summed E-state index contributed by atoms with van der Waals surface area (Å²) in [7, 11) is 0. The monoisotopic (exact) mass is 469 g/mol. The average Bonchev–Trinajstić information content (AvgIpc) is 3.31. The van der Waals surface area contributed by atoms with Gasteiger partial charge in [0.25, 0.3) is 0 Å². The molecule has 33 heavy (non-hydrogen) atoms. The molecule has 1 aromatic carbocycles. The van der Waals surface area contributed by atoms with Crippen LogP contribution in [-0.2, 0) is 21.0 Å². The van der Waals surface area contributed by atoms with E-state index in [2.05, 4.69) is 15.8 Å². The van der Waals surface area contributed by atoms with Crippen molar-refractivity contribution in [1.29, 1.82) is 0 Å². The maximum Gasteiger partial charge on any atom is 0.341 e. The van der Waals surface area contributed by atoms with E-state index in [0.717, 1.165) is 11.6 Å². The van der Waals surface area contributed by atoms with Crippen molar-refractivity contribution in [2.24, 2.45) is 0 Å². The Morgan fingerprint density at radius 2 is 2.12 bits per heavy atom. The number of hydroxylamine groups is 1. The Morgan fingerprint density at radius 3 is 2.82 bits per heavy atom. The van der Waals surface area contributed by atoms with Gasteiger partial charge in [0.1, 0.15) is 17.6 Å². The maximum atomic E-state index is 15.0. The third kappa shape index (κ3) is 4.13. The molecule has 0 saturated carbocycles. The molecule has 4 heterocycles. The molecule has 1 fully saturated rings. The highest BCUT2D eigenvalue weighted by Crippen LogP contribution is 2.34. The van der Waals surface area contributed by atoms with Crippen LogP contribution in [0, 0.1) is 0 Å². The molecule has 0 amide bonds. The third-order valence-corrected chi connectivity index (χ3v) is 6.31. The highest BCUT2D eigenvalue weighted by atomic mass is 32.1. The number of benzene rings is 1. The molecular formula is C22H20FN5O4S. The number of nitrogens with zero attached hydrogens (tertiary/aromatic N) is 3. The van der Waals surface area contributed by atoms with Gasteiger partial charge in [0, 0.05) is 36.4 Å². The molecule has 1 saturated heterocycles. The number of hydrogen-bond donors (Lipinski definition) is 3. The molecule has 5 rings (SSSR count). The van der Waals surface area contributed by atoms with Crippen LogP contribution in [0.4, 0.5) is 9.52 Å². The number of Topliss-reactive ketones (excluding diaryl/α,β-unsaturated/α-hetero) is 1. The van der Waals surface area contributed by atoms with Crippen molar-refractivity contribution >= 4 is 28.2 Å². The van der Waals surface area contributed by atoms with Crippen LogP contribution in [0.3, 0.4) is 0 Å². The number of aromatic nitrogens is 1. The number of likely N-dealkylation sites (tertiary alicyclic amines) is 1. The van der Waals surface area contributed by atoms with Crippen molar-refractivity contribution < 1.29 is 23.9 Å². The lowest BCUT2D eigenvalue weighted by Gasteiger charge is -2.46. The van der Waals surface area contributed by atoms with Gasteiger partial charge in [0.2, 0.25) is 5.78 Å². The number of allylic oxidation sites excluding steroid dienone is 2. The zero-order valence-corrected chi connectivity index (χ0v) is 18.1. The average molecular weight is 469 g/mol. The SMILES string of the molecule is O=C(O)C1=CN(c2nccs2)C2NC(N3CC(NOCc4ccccc4)C3)=C(F)C=C2C1=O. The van der Waals surface area contributed by atoms with Crippen molar-refractivity contribution in [3.05, 3.63) is 82.5 Å². The number of nitrogens with one attached hydrogen (secondary N) is 2. The van der Waals surface area contributed by atoms with E-state index in [9.17, 15) is 19.1 Å². The molecular weight excluding hydrogens is 449 g/mol. The quantitative estimate of drug-likeness (QED) is 0.414. The first kappa shape index (κ1) is 21.3. The van der Waals surface area contributed by atoms with Gasteiger partial charge in [-0.15, -0.1) is 11.3 Å². The van der Waals surface area contributed by atoms with Crippen LogP contribution < -0.4 is 15.7 Å². The number of rotatable bonds is 7. The second kappa shape index (κ2) is 8.77. The molecule has 0 spiro atoms. The molecule has 3 aliphatic heterocycles. The lowest BCUT2D eigenvalue weighted by atomic mass is 9.94. The van der Waals surface area contributed by atoms with Crippen LogP contribution in [0.2, 0.25) is 0 Å². The van der Waals surface area contributed by atoms with Crippen LogP contribution in [0.5, 0.6) is 0 Å². The number of aliphatic carboxylic acids is 1. The second-order valence-electron chi connectivity index (χ2n) is 7.74. The number of carboxylic acid groups (broad SMARTS) is 1. The number of ketones is 1. The molecule has 1 aromatic heterocycles. The Hall–Kier alpha value is -3.54. The Labute approximate surface area is 192 Å². The smallest absolute Gasteiger partial charge is 0.341 e. The number of anilines is 1. The van der Waals surface area contributed by atoms with Crippen LogP contribution in [0.25, 0.3) is 0 Å². The van der Waals surface area contributed by atoms with Gasteiger partial charge in [0.05, 0.1) is 12.6 Å². The number of carboxylic acids is 1. The second-order valence-corrected chi connectivity index (χ2v) is 8.61. The van der Waals surface area contributed by atoms with E-state index in [1.807, 2.05) is 30.3 Å². The number of fused-ring (bicyclic) bond motifs is 1. The molecule has 1 unspecified atom stereocenters. The van der Waals surface area contributed by atoms with Crippen molar-refractivity contribution in [1.82, 2.24) is 20.7 Å². The lowest BCUT2D eigenvalue weighted by Crippen LogP contribution is -2.62. The number of dihydropyridines is 1. The number of carbonyl (C=O) groups excluding carboxylic acids is 1. The Morgan fingerprint density at radius 1 is 1.33 bits per heavy atom. The summed E-state index contributed by atoms with van der Waals surface area (Å²) in [6, 6.07) is 9.77. The molecule has 2 aromatic rings. The minimum atomic E-state index is -1.37. The van der Waals surface area contributed by atoms with E-state index in [0.29, 0.717) is 24.8 Å². The lowest BCUT2D eigenvalue weighted by molar-refractivity contribution is -0.134. The summed E-state index contributed by atoms with van der Waals surface area (Å²) in [5.74, 6) is -2.47. The minimum Gasteiger partial charge on any atom is -0.477 e. The Balaban J connectivity index is 1.28. The summed E-state index contributed by atoms with van der Waals surface area (Å²) in [6.45, 7) is 1.42. The van der Waals surface area contributed by atoms with Crippen LogP contribution in [0.15, 0.2) is 77.0 Å². The summed E-state index contributed by atoms with van der Waals surface area (Å²) in [5, 5.41) is 14.7. The fraction of sp³-hybridized carbons (Fsp3) is 0.227. The van der Waals surface area contributed by atoms with Gasteiger partial charge in [-0.05, 0) is 11.6 Å². The van der Waals surface area contributed by atoms with Gasteiger partial charge in [-0.3, -0.25) is 14.5 Å². The first-order valence-corrected chi connectivity index (χ1v) is 11.1. The fourth-order valence-electron chi connectivity index (χ4n) is 3.85. The van der Waals surface area contributed by atoms with Crippen molar-refractivity contribution in [3.63, 3.8) is 0 Å². The molecule has 170 valence electrons. The predicted molar refractivity (Wildman–Crippen MR) is 118 cm³/mol. The van der Waals surface area contributed by atoms with Crippen LogP contribution in [0.1, 0.15) is 5.56 Å². The Bertz CT molecular complexity index is 1160. The summed E-state index contributed by atoms with van der Waals surface area (Å²) in [6.07, 6.45) is 3.18. The molecule has 3 aliphatic rings. The normalized spacial score (nSPS) is 20.6. The van der Waals surface area contributed by atoms with Gasteiger partial charge in [0.15, 0.2) is 11.0 Å². The van der Waals surface area contributed by atoms with E-state index in [1.54, 1.807) is 21.4 Å². The van der Waals surface area contributed by atoms with Crippen molar-refractivity contribution in [3.8, 4) is 0 Å². The minimum absolute atomic E-state index is 0.0164. The molecule has 0 bridgehead atoms. The summed E-state index contributed by atoms with van der Waals surface area (Å²) in [5.41, 5.74) is 3.61. The van der Waals surface area contributed by atoms with Gasteiger partial charge in [-0.2, -0.15) is 5.48 Å². The topological polar surface area (TPSA) is 107 Å². The number of halogens is 1. The molecule has 0 radical (unpaired) electrons. The first-order valence-electron chi connectivity index (χ1n) is 10.2. The van der Waals surface area contributed by atoms with Crippen molar-refractivity contribution in [2.75, 3.05) is 18.0 Å². The van der Waals surface area contributed by atoms with Crippen molar-refractivity contribution in [2.45, 2.75) is 18.8 Å². The third-order valence-electron chi connectivity index (χ3n) is 5.53. The van der Waals surface area contributed by atoms with Gasteiger partial charge in [-0.1, -0.05) is 30.3 Å². The summed E-state index contributed by atoms with van der Waals surface area (Å²) >= 11 is 1.29. The standard InChI is InChI=1S/C22H20FN5O4S/c23-17-8-15-18(29)16(21(30)31)11-28(22-24-6-7-33-22)19(15)25-20(17)27-9-14(10-27)26-32-12-13-4-2-1-3-5-13/h1-8,11,14,19,25-26H,9-10,12H2,(H,30,31). The predicted octanol–water partition coefficient (Wildman–Crippen LogP) is 1.90. The van der Waals surface area contributed by atoms with E-state index in [4.69, 9.17) is 4.84 Å². The zero-order chi connectivity index (χ0) is 22.9.